The van der Waals surface area contributed by atoms with Crippen LogP contribution < -0.4 is 0 Å². The van der Waals surface area contributed by atoms with Gasteiger partial charge < -0.3 is 13.9 Å². The summed E-state index contributed by atoms with van der Waals surface area (Å²) >= 11 is 6.20. The molecular weight excluding hydrogens is 410 g/mol. The number of aryl methyl sites for hydroxylation is 1. The van der Waals surface area contributed by atoms with Crippen LogP contribution in [0.5, 0.6) is 0 Å². The number of aromatic nitrogens is 4. The molecule has 1 saturated heterocycles. The lowest BCUT2D eigenvalue weighted by Gasteiger charge is -2.26. The van der Waals surface area contributed by atoms with Crippen LogP contribution in [0, 0.1) is 0 Å². The Morgan fingerprint density at radius 1 is 1.06 bits per heavy atom. The van der Waals surface area contributed by atoms with Crippen molar-refractivity contribution in [1.82, 2.24) is 24.0 Å². The molecule has 0 saturated carbocycles. The Labute approximate surface area is 187 Å². The Hall–Kier alpha value is -2.67. The molecule has 1 fully saturated rings. The van der Waals surface area contributed by atoms with Crippen LogP contribution in [-0.2, 0) is 24.4 Å². The maximum Gasteiger partial charge on any atom is 0.140 e. The number of halogens is 1. The molecule has 160 valence electrons. The summed E-state index contributed by atoms with van der Waals surface area (Å²) in [6.45, 7) is 8.23. The lowest BCUT2D eigenvalue weighted by atomic mass is 10.2. The molecule has 1 aliphatic heterocycles. The Morgan fingerprint density at radius 2 is 1.94 bits per heavy atom. The third-order valence-corrected chi connectivity index (χ3v) is 6.06. The molecule has 0 aliphatic carbocycles. The number of imidazole rings is 2. The molecule has 2 aromatic heterocycles. The van der Waals surface area contributed by atoms with Crippen molar-refractivity contribution in [1.29, 1.82) is 0 Å². The molecule has 7 heteroatoms. The fraction of sp³-hybridized carbons (Fsp3) is 0.333. The van der Waals surface area contributed by atoms with Gasteiger partial charge in [0.1, 0.15) is 11.6 Å². The number of ether oxygens (including phenoxy) is 1. The number of hydrogen-bond acceptors (Lipinski definition) is 4. The van der Waals surface area contributed by atoms with E-state index >= 15 is 0 Å². The van der Waals surface area contributed by atoms with E-state index in [9.17, 15) is 0 Å². The molecule has 0 bridgehead atoms. The van der Waals surface area contributed by atoms with Crippen molar-refractivity contribution in [3.05, 3.63) is 71.3 Å². The molecule has 0 spiro atoms. The van der Waals surface area contributed by atoms with Crippen LogP contribution in [0.4, 0.5) is 0 Å². The number of benzene rings is 2. The maximum atomic E-state index is 6.20. The number of fused-ring (bicyclic) bond motifs is 1. The minimum absolute atomic E-state index is 0.656. The molecule has 5 rings (SSSR count). The average molecular weight is 436 g/mol. The van der Waals surface area contributed by atoms with Gasteiger partial charge in [0, 0.05) is 49.2 Å². The highest BCUT2D eigenvalue weighted by atomic mass is 35.5. The van der Waals surface area contributed by atoms with Gasteiger partial charge in [0.15, 0.2) is 0 Å². The van der Waals surface area contributed by atoms with E-state index in [1.54, 1.807) is 0 Å². The molecule has 4 aromatic rings. The minimum Gasteiger partial charge on any atom is -0.379 e. The molecular formula is C24H26ClN5O. The highest BCUT2D eigenvalue weighted by molar-refractivity contribution is 6.30. The smallest absolute Gasteiger partial charge is 0.140 e. The van der Waals surface area contributed by atoms with E-state index in [1.165, 1.54) is 11.1 Å². The van der Waals surface area contributed by atoms with E-state index < -0.39 is 0 Å². The van der Waals surface area contributed by atoms with Gasteiger partial charge in [-0.3, -0.25) is 4.90 Å². The zero-order valence-corrected chi connectivity index (χ0v) is 18.4. The van der Waals surface area contributed by atoms with Crippen molar-refractivity contribution in [2.45, 2.75) is 26.6 Å². The van der Waals surface area contributed by atoms with E-state index in [0.29, 0.717) is 11.6 Å². The first kappa shape index (κ1) is 20.2. The van der Waals surface area contributed by atoms with Gasteiger partial charge in [0.25, 0.3) is 0 Å². The Morgan fingerprint density at radius 3 is 2.74 bits per heavy atom. The van der Waals surface area contributed by atoms with Gasteiger partial charge in [-0.25, -0.2) is 9.97 Å². The molecule has 0 radical (unpaired) electrons. The Kier molecular flexibility index (Phi) is 5.76. The summed E-state index contributed by atoms with van der Waals surface area (Å²) in [6, 6.07) is 14.5. The molecule has 0 atom stereocenters. The van der Waals surface area contributed by atoms with E-state index in [1.807, 2.05) is 36.7 Å². The van der Waals surface area contributed by atoms with E-state index in [0.717, 1.165) is 62.1 Å². The fourth-order valence-electron chi connectivity index (χ4n) is 4.29. The van der Waals surface area contributed by atoms with Gasteiger partial charge in [-0.15, -0.1) is 0 Å². The van der Waals surface area contributed by atoms with Crippen LogP contribution in [0.2, 0.25) is 5.02 Å². The summed E-state index contributed by atoms with van der Waals surface area (Å²) in [5.74, 6) is 1.92. The van der Waals surface area contributed by atoms with E-state index in [2.05, 4.69) is 44.1 Å². The second kappa shape index (κ2) is 8.83. The minimum atomic E-state index is 0.656. The summed E-state index contributed by atoms with van der Waals surface area (Å²) in [4.78, 5) is 12.0. The highest BCUT2D eigenvalue weighted by Gasteiger charge is 2.15. The SMILES string of the molecule is CCn1c(Cn2ccnc2-c2cccc(Cl)c2)nc2cc(CN3CCOCC3)ccc21. The number of morpholine rings is 1. The second-order valence-electron chi connectivity index (χ2n) is 7.87. The van der Waals surface area contributed by atoms with Crippen LogP contribution in [0.3, 0.4) is 0 Å². The van der Waals surface area contributed by atoms with Crippen molar-refractivity contribution in [3.8, 4) is 11.4 Å². The predicted octanol–water partition coefficient (Wildman–Crippen LogP) is 4.45. The fourth-order valence-corrected chi connectivity index (χ4v) is 4.48. The largest absolute Gasteiger partial charge is 0.379 e. The van der Waals surface area contributed by atoms with Gasteiger partial charge in [-0.2, -0.15) is 0 Å². The lowest BCUT2D eigenvalue weighted by Crippen LogP contribution is -2.35. The van der Waals surface area contributed by atoms with Crippen molar-refractivity contribution in [2.75, 3.05) is 26.3 Å². The molecule has 2 aromatic carbocycles. The summed E-state index contributed by atoms with van der Waals surface area (Å²) in [6.07, 6.45) is 3.83. The second-order valence-corrected chi connectivity index (χ2v) is 8.31. The van der Waals surface area contributed by atoms with Crippen molar-refractivity contribution < 1.29 is 4.74 Å². The van der Waals surface area contributed by atoms with Gasteiger partial charge in [-0.1, -0.05) is 29.8 Å². The zero-order valence-electron chi connectivity index (χ0n) is 17.7. The topological polar surface area (TPSA) is 48.1 Å². The van der Waals surface area contributed by atoms with Crippen LogP contribution in [0.15, 0.2) is 54.9 Å². The van der Waals surface area contributed by atoms with E-state index in [4.69, 9.17) is 21.3 Å². The number of rotatable bonds is 6. The van der Waals surface area contributed by atoms with Gasteiger partial charge in [0.05, 0.1) is 30.8 Å². The van der Waals surface area contributed by atoms with Crippen molar-refractivity contribution in [2.24, 2.45) is 0 Å². The van der Waals surface area contributed by atoms with Crippen LogP contribution in [0.1, 0.15) is 18.3 Å². The monoisotopic (exact) mass is 435 g/mol. The number of nitrogens with zero attached hydrogens (tertiary/aromatic N) is 5. The highest BCUT2D eigenvalue weighted by Crippen LogP contribution is 2.24. The quantitative estimate of drug-likeness (QED) is 0.449. The van der Waals surface area contributed by atoms with Crippen LogP contribution in [0.25, 0.3) is 22.4 Å². The van der Waals surface area contributed by atoms with E-state index in [-0.39, 0.29) is 0 Å². The summed E-state index contributed by atoms with van der Waals surface area (Å²) in [5, 5.41) is 0.709. The molecule has 0 N–H and O–H groups in total. The first-order valence-corrected chi connectivity index (χ1v) is 11.1. The Balaban J connectivity index is 1.44. The Bertz CT molecular complexity index is 1190. The maximum absolute atomic E-state index is 6.20. The molecule has 6 nitrogen and oxygen atoms in total. The summed E-state index contributed by atoms with van der Waals surface area (Å²) < 4.78 is 9.89. The molecule has 31 heavy (non-hydrogen) atoms. The molecule has 0 amide bonds. The van der Waals surface area contributed by atoms with Crippen molar-refractivity contribution in [3.63, 3.8) is 0 Å². The first-order valence-electron chi connectivity index (χ1n) is 10.8. The van der Waals surface area contributed by atoms with Gasteiger partial charge >= 0.3 is 0 Å². The third-order valence-electron chi connectivity index (χ3n) is 5.83. The summed E-state index contributed by atoms with van der Waals surface area (Å²) in [5.41, 5.74) is 4.52. The van der Waals surface area contributed by atoms with Crippen LogP contribution in [-0.4, -0.2) is 50.3 Å². The normalized spacial score (nSPS) is 15.0. The van der Waals surface area contributed by atoms with Crippen molar-refractivity contribution >= 4 is 22.6 Å². The average Bonchev–Trinajstić information content (AvgIpc) is 3.38. The van der Waals surface area contributed by atoms with Crippen LogP contribution >= 0.6 is 11.6 Å². The lowest BCUT2D eigenvalue weighted by molar-refractivity contribution is 0.0342. The third kappa shape index (κ3) is 4.24. The van der Waals surface area contributed by atoms with Gasteiger partial charge in [0.2, 0.25) is 0 Å². The number of hydrogen-bond donors (Lipinski definition) is 0. The molecule has 3 heterocycles. The predicted molar refractivity (Wildman–Crippen MR) is 123 cm³/mol. The molecule has 0 unspecified atom stereocenters. The zero-order chi connectivity index (χ0) is 21.2. The standard InChI is InChI=1S/C24H26ClN5O/c1-2-30-22-7-6-18(16-28-10-12-31-13-11-28)14-21(22)27-23(30)17-29-9-8-26-24(29)19-4-3-5-20(25)15-19/h3-9,14-15H,2,10-13,16-17H2,1H3. The first-order chi connectivity index (χ1) is 15.2. The van der Waals surface area contributed by atoms with Gasteiger partial charge in [-0.05, 0) is 36.8 Å². The summed E-state index contributed by atoms with van der Waals surface area (Å²) in [7, 11) is 0. The molecule has 1 aliphatic rings.